The molecule has 0 spiro atoms. The Morgan fingerprint density at radius 1 is 0.840 bits per heavy atom. The number of rotatable bonds is 11. The highest BCUT2D eigenvalue weighted by atomic mass is 16.7. The molecule has 5 heteroatoms. The molecule has 0 unspecified atom stereocenters. The molecule has 0 saturated heterocycles. The van der Waals surface area contributed by atoms with Crippen molar-refractivity contribution in [3.8, 4) is 17.2 Å². The van der Waals surface area contributed by atoms with Gasteiger partial charge in [0, 0.05) is 11.1 Å². The summed E-state index contributed by atoms with van der Waals surface area (Å²) in [6.45, 7) is 8.63. The molecule has 0 aliphatic rings. The van der Waals surface area contributed by atoms with Crippen molar-refractivity contribution in [1.29, 1.82) is 0 Å². The molecule has 0 bridgehead atoms. The number of phenols is 1. The van der Waals surface area contributed by atoms with Crippen molar-refractivity contribution >= 4 is 6.16 Å². The van der Waals surface area contributed by atoms with Crippen molar-refractivity contribution in [2.24, 2.45) is 0 Å². The van der Waals surface area contributed by atoms with E-state index in [0.717, 1.165) is 36.0 Å². The van der Waals surface area contributed by atoms with E-state index in [2.05, 4.69) is 6.92 Å². The smallest absolute Gasteiger partial charge is 0.504 e. The summed E-state index contributed by atoms with van der Waals surface area (Å²) in [6, 6.07) is 0. The van der Waals surface area contributed by atoms with Crippen LogP contribution in [-0.2, 0) is 19.3 Å². The second-order valence-corrected chi connectivity index (χ2v) is 6.13. The topological polar surface area (TPSA) is 76.0 Å². The quantitative estimate of drug-likeness (QED) is 0.313. The molecule has 0 radical (unpaired) electrons. The van der Waals surface area contributed by atoms with Gasteiger partial charge in [0.2, 0.25) is 5.75 Å². The second-order valence-electron chi connectivity index (χ2n) is 6.13. The number of hydrogen-bond acceptors (Lipinski definition) is 4. The minimum absolute atomic E-state index is 0.0630. The Morgan fingerprint density at radius 3 is 1.96 bits per heavy atom. The number of unbranched alkanes of at least 4 members (excludes halogenated alkanes) is 4. The Bertz CT molecular complexity index is 566. The third-order valence-electron chi connectivity index (χ3n) is 4.45. The van der Waals surface area contributed by atoms with E-state index < -0.39 is 6.16 Å². The Balaban J connectivity index is 3.17. The average Bonchev–Trinajstić information content (AvgIpc) is 2.59. The van der Waals surface area contributed by atoms with Crippen molar-refractivity contribution < 1.29 is 24.5 Å². The van der Waals surface area contributed by atoms with Crippen LogP contribution in [0.4, 0.5) is 4.79 Å². The zero-order chi connectivity index (χ0) is 18.8. The predicted molar refractivity (Wildman–Crippen MR) is 99.1 cm³/mol. The summed E-state index contributed by atoms with van der Waals surface area (Å²) in [5.41, 5.74) is 2.70. The maximum Gasteiger partial charge on any atom is 0.511 e. The van der Waals surface area contributed by atoms with Crippen LogP contribution < -0.4 is 9.47 Å². The molecule has 25 heavy (non-hydrogen) atoms. The SMILES string of the molecule is CCCCCCCOc1c(CC)c(CC)c(CC)c(O)c1OC(=O)O. The first-order valence-electron chi connectivity index (χ1n) is 9.44. The van der Waals surface area contributed by atoms with Crippen LogP contribution in [0.2, 0.25) is 0 Å². The minimum Gasteiger partial charge on any atom is -0.504 e. The van der Waals surface area contributed by atoms with Crippen LogP contribution in [-0.4, -0.2) is 23.0 Å². The van der Waals surface area contributed by atoms with Gasteiger partial charge in [-0.15, -0.1) is 0 Å². The molecule has 2 N–H and O–H groups in total. The van der Waals surface area contributed by atoms with Crippen molar-refractivity contribution in [2.45, 2.75) is 79.1 Å². The summed E-state index contributed by atoms with van der Waals surface area (Å²) in [5, 5.41) is 19.6. The van der Waals surface area contributed by atoms with Crippen molar-refractivity contribution in [3.63, 3.8) is 0 Å². The van der Waals surface area contributed by atoms with Crippen LogP contribution in [0.15, 0.2) is 0 Å². The average molecular weight is 352 g/mol. The van der Waals surface area contributed by atoms with Gasteiger partial charge in [-0.1, -0.05) is 53.4 Å². The van der Waals surface area contributed by atoms with E-state index in [9.17, 15) is 9.90 Å². The zero-order valence-corrected chi connectivity index (χ0v) is 16.0. The molecule has 5 nitrogen and oxygen atoms in total. The monoisotopic (exact) mass is 352 g/mol. The van der Waals surface area contributed by atoms with E-state index in [1.54, 1.807) is 0 Å². The summed E-state index contributed by atoms with van der Waals surface area (Å²) in [4.78, 5) is 11.1. The highest BCUT2D eigenvalue weighted by Crippen LogP contribution is 2.46. The van der Waals surface area contributed by atoms with E-state index in [1.165, 1.54) is 19.3 Å². The van der Waals surface area contributed by atoms with Gasteiger partial charge in [-0.3, -0.25) is 0 Å². The Hall–Kier alpha value is -1.91. The lowest BCUT2D eigenvalue weighted by Gasteiger charge is -2.21. The van der Waals surface area contributed by atoms with Crippen LogP contribution in [0.3, 0.4) is 0 Å². The number of aromatic hydroxyl groups is 1. The molecule has 0 heterocycles. The fourth-order valence-corrected chi connectivity index (χ4v) is 3.24. The molecular weight excluding hydrogens is 320 g/mol. The van der Waals surface area contributed by atoms with Crippen molar-refractivity contribution in [3.05, 3.63) is 16.7 Å². The Kier molecular flexibility index (Phi) is 9.17. The maximum absolute atomic E-state index is 11.1. The molecule has 142 valence electrons. The molecule has 0 atom stereocenters. The van der Waals surface area contributed by atoms with Crippen LogP contribution in [0.1, 0.15) is 76.5 Å². The lowest BCUT2D eigenvalue weighted by Crippen LogP contribution is -2.11. The first kappa shape index (κ1) is 21.1. The predicted octanol–water partition coefficient (Wildman–Crippen LogP) is 5.49. The molecule has 0 saturated carbocycles. The second kappa shape index (κ2) is 10.9. The number of benzene rings is 1. The van der Waals surface area contributed by atoms with Crippen LogP contribution in [0, 0.1) is 0 Å². The first-order chi connectivity index (χ1) is 12.0. The first-order valence-corrected chi connectivity index (χ1v) is 9.44. The van der Waals surface area contributed by atoms with Gasteiger partial charge in [0.15, 0.2) is 11.5 Å². The van der Waals surface area contributed by atoms with E-state index >= 15 is 0 Å². The van der Waals surface area contributed by atoms with E-state index in [0.29, 0.717) is 25.2 Å². The third kappa shape index (κ3) is 5.55. The molecule has 0 aliphatic carbocycles. The van der Waals surface area contributed by atoms with Crippen LogP contribution in [0.5, 0.6) is 17.2 Å². The van der Waals surface area contributed by atoms with Gasteiger partial charge < -0.3 is 19.7 Å². The number of carbonyl (C=O) groups is 1. The number of phenolic OH excluding ortho intramolecular Hbond substituents is 1. The molecule has 1 aromatic rings. The lowest BCUT2D eigenvalue weighted by molar-refractivity contribution is 0.140. The molecule has 0 aromatic heterocycles. The zero-order valence-electron chi connectivity index (χ0n) is 16.0. The van der Waals surface area contributed by atoms with E-state index in [-0.39, 0.29) is 11.5 Å². The molecule has 0 amide bonds. The highest BCUT2D eigenvalue weighted by Gasteiger charge is 2.25. The van der Waals surface area contributed by atoms with Gasteiger partial charge in [0.25, 0.3) is 0 Å². The summed E-state index contributed by atoms with van der Waals surface area (Å²) < 4.78 is 10.8. The number of carboxylic acid groups (broad SMARTS) is 1. The van der Waals surface area contributed by atoms with Crippen molar-refractivity contribution in [1.82, 2.24) is 0 Å². The molecule has 0 fully saturated rings. The Labute approximate surface area is 151 Å². The van der Waals surface area contributed by atoms with E-state index in [4.69, 9.17) is 14.6 Å². The molecule has 1 rings (SSSR count). The van der Waals surface area contributed by atoms with Gasteiger partial charge >= 0.3 is 6.16 Å². The molecule has 0 aliphatic heterocycles. The molecule has 1 aromatic carbocycles. The standard InChI is InChI=1S/C20H32O5/c1-5-9-10-11-12-13-24-18-16(8-4)14(6-2)15(7-3)17(21)19(18)25-20(22)23/h21H,5-13H2,1-4H3,(H,22,23). The van der Waals surface area contributed by atoms with Gasteiger partial charge in [-0.25, -0.2) is 4.79 Å². The van der Waals surface area contributed by atoms with Gasteiger partial charge in [-0.2, -0.15) is 0 Å². The third-order valence-corrected chi connectivity index (χ3v) is 4.45. The normalized spacial score (nSPS) is 10.7. The summed E-state index contributed by atoms with van der Waals surface area (Å²) in [7, 11) is 0. The summed E-state index contributed by atoms with van der Waals surface area (Å²) in [6.07, 6.45) is 6.13. The summed E-state index contributed by atoms with van der Waals surface area (Å²) in [5.74, 6) is 0.207. The van der Waals surface area contributed by atoms with Gasteiger partial charge in [0.05, 0.1) is 6.61 Å². The maximum atomic E-state index is 11.1. The van der Waals surface area contributed by atoms with Crippen LogP contribution >= 0.6 is 0 Å². The molecular formula is C20H32O5. The highest BCUT2D eigenvalue weighted by molar-refractivity contribution is 5.70. The fourth-order valence-electron chi connectivity index (χ4n) is 3.24. The summed E-state index contributed by atoms with van der Waals surface area (Å²) >= 11 is 0. The lowest BCUT2D eigenvalue weighted by atomic mass is 9.93. The number of ether oxygens (including phenoxy) is 2. The van der Waals surface area contributed by atoms with Gasteiger partial charge in [-0.05, 0) is 31.2 Å². The van der Waals surface area contributed by atoms with Crippen molar-refractivity contribution in [2.75, 3.05) is 6.61 Å². The number of hydrogen-bond donors (Lipinski definition) is 2. The minimum atomic E-state index is -1.45. The van der Waals surface area contributed by atoms with Gasteiger partial charge in [0.1, 0.15) is 0 Å². The Morgan fingerprint density at radius 2 is 1.44 bits per heavy atom. The fraction of sp³-hybridized carbons (Fsp3) is 0.650. The van der Waals surface area contributed by atoms with Crippen LogP contribution in [0.25, 0.3) is 0 Å². The largest absolute Gasteiger partial charge is 0.511 e. The van der Waals surface area contributed by atoms with E-state index in [1.807, 2.05) is 20.8 Å².